The quantitative estimate of drug-likeness (QED) is 0.805. The lowest BCUT2D eigenvalue weighted by atomic mass is 9.75. The molecule has 0 saturated heterocycles. The molecule has 1 aromatic heterocycles. The summed E-state index contributed by atoms with van der Waals surface area (Å²) in [6.07, 6.45) is 5.22. The number of carbonyl (C=O) groups excluding carboxylic acids is 1. The Balaban J connectivity index is 1.96. The minimum Gasteiger partial charge on any atom is -0.509 e. The second-order valence-corrected chi connectivity index (χ2v) is 7.10. The number of aliphatic hydroxyl groups excluding tert-OH is 2. The summed E-state index contributed by atoms with van der Waals surface area (Å²) >= 11 is 0. The molecule has 2 N–H and O–H groups in total. The van der Waals surface area contributed by atoms with Gasteiger partial charge in [-0.15, -0.1) is 0 Å². The zero-order valence-electron chi connectivity index (χ0n) is 14.8. The molecule has 1 atom stereocenters. The van der Waals surface area contributed by atoms with E-state index in [0.717, 1.165) is 43.2 Å². The Morgan fingerprint density at radius 3 is 2.50 bits per heavy atom. The van der Waals surface area contributed by atoms with Gasteiger partial charge in [-0.25, -0.2) is 4.79 Å². The molecule has 1 aliphatic heterocycles. The molecule has 0 bridgehead atoms. The maximum absolute atomic E-state index is 12.4. The summed E-state index contributed by atoms with van der Waals surface area (Å²) in [5.41, 5.74) is 1.78. The number of aliphatic hydroxyl groups is 2. The number of carbonyl (C=O) groups is 1. The molecule has 1 unspecified atom stereocenters. The van der Waals surface area contributed by atoms with Gasteiger partial charge in [-0.2, -0.15) is 0 Å². The topological polar surface area (TPSA) is 71.7 Å². The predicted octanol–water partition coefficient (Wildman–Crippen LogP) is 3.85. The summed E-state index contributed by atoms with van der Waals surface area (Å²) in [5, 5.41) is 22.0. The molecule has 136 valence electrons. The molecule has 2 aliphatic rings. The van der Waals surface area contributed by atoms with Gasteiger partial charge in [-0.1, -0.05) is 49.6 Å². The lowest BCUT2D eigenvalue weighted by Crippen LogP contribution is -2.44. The molecule has 2 aromatic rings. The van der Waals surface area contributed by atoms with Gasteiger partial charge in [-0.3, -0.25) is 0 Å². The smallest absolute Gasteiger partial charge is 0.340 e. The minimum absolute atomic E-state index is 0.0298. The number of allylic oxidation sites excluding steroid dienone is 1. The number of ether oxygens (including phenoxy) is 1. The highest BCUT2D eigenvalue weighted by Gasteiger charge is 2.48. The van der Waals surface area contributed by atoms with E-state index in [9.17, 15) is 15.0 Å². The Labute approximate surface area is 152 Å². The molecule has 2 heterocycles. The maximum atomic E-state index is 12.4. The predicted molar refractivity (Wildman–Crippen MR) is 97.6 cm³/mol. The highest BCUT2D eigenvalue weighted by atomic mass is 16.5. The van der Waals surface area contributed by atoms with E-state index in [0.29, 0.717) is 5.69 Å². The Bertz CT molecular complexity index is 859. The van der Waals surface area contributed by atoms with Crippen molar-refractivity contribution in [1.29, 1.82) is 0 Å². The van der Waals surface area contributed by atoms with Crippen LogP contribution in [0.1, 0.15) is 43.9 Å². The Morgan fingerprint density at radius 1 is 1.15 bits per heavy atom. The van der Waals surface area contributed by atoms with Crippen LogP contribution < -0.4 is 0 Å². The highest BCUT2D eigenvalue weighted by Crippen LogP contribution is 2.50. The molecule has 5 heteroatoms. The monoisotopic (exact) mass is 353 g/mol. The van der Waals surface area contributed by atoms with Crippen LogP contribution >= 0.6 is 0 Å². The third-order valence-corrected chi connectivity index (χ3v) is 5.79. The van der Waals surface area contributed by atoms with E-state index < -0.39 is 17.6 Å². The molecular formula is C21H23NO4. The first-order chi connectivity index (χ1) is 12.6. The van der Waals surface area contributed by atoms with Crippen LogP contribution in [0.5, 0.6) is 0 Å². The largest absolute Gasteiger partial charge is 0.509 e. The molecule has 0 radical (unpaired) electrons. The molecule has 1 spiro atoms. The number of aromatic nitrogens is 1. The van der Waals surface area contributed by atoms with Crippen LogP contribution in [0.25, 0.3) is 11.1 Å². The van der Waals surface area contributed by atoms with Gasteiger partial charge in [-0.05, 0) is 24.5 Å². The third kappa shape index (κ3) is 2.31. The van der Waals surface area contributed by atoms with Crippen LogP contribution in [-0.2, 0) is 15.1 Å². The van der Waals surface area contributed by atoms with Gasteiger partial charge in [0.05, 0.1) is 12.8 Å². The number of hydrogen-bond donors (Lipinski definition) is 2. The number of methoxy groups -OCH3 is 1. The average molecular weight is 353 g/mol. The summed E-state index contributed by atoms with van der Waals surface area (Å²) in [4.78, 5) is 12.4. The molecule has 1 fully saturated rings. The second kappa shape index (κ2) is 6.32. The van der Waals surface area contributed by atoms with Crippen LogP contribution in [-0.4, -0.2) is 27.9 Å². The zero-order valence-corrected chi connectivity index (χ0v) is 14.8. The summed E-state index contributed by atoms with van der Waals surface area (Å²) in [5.74, 6) is -0.717. The summed E-state index contributed by atoms with van der Waals surface area (Å²) in [6, 6.07) is 11.7. The second-order valence-electron chi connectivity index (χ2n) is 7.10. The number of rotatable bonds is 2. The Hall–Kier alpha value is -2.53. The van der Waals surface area contributed by atoms with E-state index in [4.69, 9.17) is 4.74 Å². The van der Waals surface area contributed by atoms with E-state index in [1.165, 1.54) is 7.11 Å². The Morgan fingerprint density at radius 2 is 1.85 bits per heavy atom. The molecule has 1 saturated carbocycles. The molecule has 5 nitrogen and oxygen atoms in total. The van der Waals surface area contributed by atoms with Crippen molar-refractivity contribution in [2.75, 3.05) is 7.11 Å². The van der Waals surface area contributed by atoms with Crippen molar-refractivity contribution < 1.29 is 19.7 Å². The van der Waals surface area contributed by atoms with E-state index in [1.807, 2.05) is 47.2 Å². The SMILES string of the molecule is COC(=O)C1=C(O)C2(CCCCC2)n2ccc(-c3ccccc3)c2C1O. The van der Waals surface area contributed by atoms with Crippen LogP contribution in [0.15, 0.2) is 53.9 Å². The van der Waals surface area contributed by atoms with Crippen molar-refractivity contribution in [1.82, 2.24) is 4.57 Å². The van der Waals surface area contributed by atoms with Crippen LogP contribution in [0, 0.1) is 0 Å². The zero-order chi connectivity index (χ0) is 18.3. The lowest BCUT2D eigenvalue weighted by Gasteiger charge is -2.44. The summed E-state index contributed by atoms with van der Waals surface area (Å²) in [7, 11) is 1.27. The van der Waals surface area contributed by atoms with E-state index in [1.54, 1.807) is 0 Å². The molecule has 26 heavy (non-hydrogen) atoms. The fourth-order valence-electron chi connectivity index (χ4n) is 4.52. The number of benzene rings is 1. The van der Waals surface area contributed by atoms with Crippen molar-refractivity contribution in [2.24, 2.45) is 0 Å². The Kier molecular flexibility index (Phi) is 4.11. The van der Waals surface area contributed by atoms with Crippen LogP contribution in [0.2, 0.25) is 0 Å². The molecule has 1 aromatic carbocycles. The number of esters is 1. The molecule has 0 amide bonds. The molecular weight excluding hydrogens is 330 g/mol. The lowest BCUT2D eigenvalue weighted by molar-refractivity contribution is -0.138. The van der Waals surface area contributed by atoms with Crippen LogP contribution in [0.3, 0.4) is 0 Å². The number of nitrogens with zero attached hydrogens (tertiary/aromatic N) is 1. The third-order valence-electron chi connectivity index (χ3n) is 5.79. The van der Waals surface area contributed by atoms with Crippen molar-refractivity contribution >= 4 is 5.97 Å². The van der Waals surface area contributed by atoms with Gasteiger partial charge in [0.2, 0.25) is 0 Å². The van der Waals surface area contributed by atoms with Crippen molar-refractivity contribution in [2.45, 2.75) is 43.7 Å². The number of fused-ring (bicyclic) bond motifs is 2. The average Bonchev–Trinajstić information content (AvgIpc) is 3.14. The summed E-state index contributed by atoms with van der Waals surface area (Å²) < 4.78 is 6.86. The molecule has 4 rings (SSSR count). The maximum Gasteiger partial charge on any atom is 0.340 e. The fourth-order valence-corrected chi connectivity index (χ4v) is 4.52. The molecule has 1 aliphatic carbocycles. The van der Waals surface area contributed by atoms with Gasteiger partial charge >= 0.3 is 5.97 Å². The van der Waals surface area contributed by atoms with E-state index in [-0.39, 0.29) is 11.3 Å². The fraction of sp³-hybridized carbons (Fsp3) is 0.381. The van der Waals surface area contributed by atoms with Gasteiger partial charge in [0, 0.05) is 11.8 Å². The van der Waals surface area contributed by atoms with Gasteiger partial charge in [0.25, 0.3) is 0 Å². The van der Waals surface area contributed by atoms with Crippen molar-refractivity contribution in [3.63, 3.8) is 0 Å². The first-order valence-corrected chi connectivity index (χ1v) is 9.07. The first kappa shape index (κ1) is 16.9. The van der Waals surface area contributed by atoms with Gasteiger partial charge < -0.3 is 19.5 Å². The van der Waals surface area contributed by atoms with E-state index in [2.05, 4.69) is 0 Å². The normalized spacial score (nSPS) is 21.5. The highest BCUT2D eigenvalue weighted by molar-refractivity contribution is 5.91. The first-order valence-electron chi connectivity index (χ1n) is 9.07. The van der Waals surface area contributed by atoms with Gasteiger partial charge in [0.1, 0.15) is 23.0 Å². The number of hydrogen-bond acceptors (Lipinski definition) is 4. The summed E-state index contributed by atoms with van der Waals surface area (Å²) in [6.45, 7) is 0. The van der Waals surface area contributed by atoms with Crippen LogP contribution in [0.4, 0.5) is 0 Å². The van der Waals surface area contributed by atoms with Gasteiger partial charge in [0.15, 0.2) is 0 Å². The standard InChI is InChI=1S/C21H23NO4/c1-26-20(25)16-18(23)17-15(14-8-4-2-5-9-14)10-13-22(17)21(19(16)24)11-6-3-7-12-21/h2,4-5,8-10,13,18,23-24H,3,6-7,11-12H2,1H3. The van der Waals surface area contributed by atoms with E-state index >= 15 is 0 Å². The van der Waals surface area contributed by atoms with Crippen molar-refractivity contribution in [3.8, 4) is 11.1 Å². The van der Waals surface area contributed by atoms with Crippen molar-refractivity contribution in [3.05, 3.63) is 59.6 Å². The minimum atomic E-state index is -1.22.